The molecule has 0 bridgehead atoms. The molecule has 0 spiro atoms. The molecule has 0 aliphatic carbocycles. The van der Waals surface area contributed by atoms with E-state index in [0.29, 0.717) is 22.5 Å². The third-order valence-electron chi connectivity index (χ3n) is 3.74. The smallest absolute Gasteiger partial charge is 0.244 e. The molecular formula is C20H21Cl2NO. The number of hydrogen-bond acceptors (Lipinski definition) is 1. The average Bonchev–Trinajstić information content (AvgIpc) is 2.54. The maximum absolute atomic E-state index is 11.9. The van der Waals surface area contributed by atoms with Crippen molar-refractivity contribution >= 4 is 35.2 Å². The van der Waals surface area contributed by atoms with E-state index in [4.69, 9.17) is 23.2 Å². The van der Waals surface area contributed by atoms with Crippen LogP contribution in [-0.4, -0.2) is 12.5 Å². The van der Waals surface area contributed by atoms with Gasteiger partial charge in [-0.15, -0.1) is 0 Å². The summed E-state index contributed by atoms with van der Waals surface area (Å²) in [6.07, 6.45) is 3.97. The van der Waals surface area contributed by atoms with Gasteiger partial charge in [0.25, 0.3) is 0 Å². The second-order valence-corrected chi connectivity index (χ2v) is 6.78. The summed E-state index contributed by atoms with van der Waals surface area (Å²) in [7, 11) is 0. The van der Waals surface area contributed by atoms with Gasteiger partial charge in [0.1, 0.15) is 0 Å². The first-order valence-electron chi connectivity index (χ1n) is 7.95. The van der Waals surface area contributed by atoms with Crippen molar-refractivity contribution in [2.24, 2.45) is 0 Å². The van der Waals surface area contributed by atoms with Gasteiger partial charge in [-0.1, -0.05) is 67.4 Å². The van der Waals surface area contributed by atoms with E-state index in [-0.39, 0.29) is 5.91 Å². The number of benzene rings is 2. The lowest BCUT2D eigenvalue weighted by atomic mass is 10.0. The topological polar surface area (TPSA) is 29.1 Å². The average molecular weight is 362 g/mol. The first kappa shape index (κ1) is 18.6. The van der Waals surface area contributed by atoms with Crippen LogP contribution in [-0.2, 0) is 11.2 Å². The highest BCUT2D eigenvalue weighted by atomic mass is 35.5. The van der Waals surface area contributed by atoms with Crippen molar-refractivity contribution in [2.75, 3.05) is 6.54 Å². The Bertz CT molecular complexity index is 721. The van der Waals surface area contributed by atoms with Crippen molar-refractivity contribution in [3.8, 4) is 0 Å². The summed E-state index contributed by atoms with van der Waals surface area (Å²) < 4.78 is 0. The molecule has 2 aromatic carbocycles. The Labute approximate surface area is 153 Å². The number of amides is 1. The van der Waals surface area contributed by atoms with Crippen LogP contribution in [0.25, 0.3) is 6.08 Å². The predicted octanol–water partition coefficient (Wildman–Crippen LogP) is 5.49. The highest BCUT2D eigenvalue weighted by Gasteiger charge is 2.01. The molecular weight excluding hydrogens is 341 g/mol. The number of rotatable bonds is 6. The van der Waals surface area contributed by atoms with Gasteiger partial charge in [0.05, 0.1) is 0 Å². The monoisotopic (exact) mass is 361 g/mol. The van der Waals surface area contributed by atoms with Crippen LogP contribution in [0.2, 0.25) is 10.0 Å². The summed E-state index contributed by atoms with van der Waals surface area (Å²) in [5.74, 6) is 0.392. The van der Waals surface area contributed by atoms with Gasteiger partial charge in [-0.3, -0.25) is 4.79 Å². The van der Waals surface area contributed by atoms with Crippen LogP contribution >= 0.6 is 23.2 Å². The molecule has 0 atom stereocenters. The Kier molecular flexibility index (Phi) is 6.89. The molecule has 0 aliphatic heterocycles. The van der Waals surface area contributed by atoms with E-state index in [9.17, 15) is 4.79 Å². The molecule has 126 valence electrons. The molecule has 0 fully saturated rings. The summed E-state index contributed by atoms with van der Waals surface area (Å²) in [6, 6.07) is 13.7. The zero-order valence-electron chi connectivity index (χ0n) is 13.9. The third-order valence-corrected chi connectivity index (χ3v) is 4.30. The van der Waals surface area contributed by atoms with Crippen LogP contribution in [0.5, 0.6) is 0 Å². The number of carbonyl (C=O) groups excluding carboxylic acids is 1. The fraction of sp³-hybridized carbons (Fsp3) is 0.250. The Morgan fingerprint density at radius 2 is 1.83 bits per heavy atom. The first-order chi connectivity index (χ1) is 11.5. The van der Waals surface area contributed by atoms with Crippen molar-refractivity contribution in [1.29, 1.82) is 0 Å². The van der Waals surface area contributed by atoms with Crippen molar-refractivity contribution in [3.63, 3.8) is 0 Å². The molecule has 2 rings (SSSR count). The minimum absolute atomic E-state index is 0.139. The van der Waals surface area contributed by atoms with E-state index < -0.39 is 0 Å². The third kappa shape index (κ3) is 5.70. The van der Waals surface area contributed by atoms with Gasteiger partial charge in [-0.2, -0.15) is 0 Å². The summed E-state index contributed by atoms with van der Waals surface area (Å²) in [5.41, 5.74) is 3.30. The van der Waals surface area contributed by atoms with Gasteiger partial charge in [-0.05, 0) is 47.2 Å². The van der Waals surface area contributed by atoms with Crippen molar-refractivity contribution < 1.29 is 4.79 Å². The van der Waals surface area contributed by atoms with Gasteiger partial charge in [0.2, 0.25) is 5.91 Å². The van der Waals surface area contributed by atoms with E-state index in [1.807, 2.05) is 0 Å². The Balaban J connectivity index is 1.81. The fourth-order valence-electron chi connectivity index (χ4n) is 2.26. The van der Waals surface area contributed by atoms with Crippen LogP contribution in [0.3, 0.4) is 0 Å². The molecule has 0 saturated heterocycles. The first-order valence-corrected chi connectivity index (χ1v) is 8.71. The SMILES string of the molecule is CC(C)c1ccc(CCNC(=O)/C=C/c2ccc(Cl)cc2Cl)cc1. The molecule has 0 radical (unpaired) electrons. The van der Waals surface area contributed by atoms with Gasteiger partial charge < -0.3 is 5.32 Å². The Morgan fingerprint density at radius 1 is 1.12 bits per heavy atom. The van der Waals surface area contributed by atoms with Crippen molar-refractivity contribution in [1.82, 2.24) is 5.32 Å². The zero-order chi connectivity index (χ0) is 17.5. The number of nitrogens with one attached hydrogen (secondary N) is 1. The lowest BCUT2D eigenvalue weighted by Crippen LogP contribution is -2.23. The summed E-state index contributed by atoms with van der Waals surface area (Å²) in [4.78, 5) is 11.9. The predicted molar refractivity (Wildman–Crippen MR) is 103 cm³/mol. The van der Waals surface area contributed by atoms with Crippen molar-refractivity contribution in [3.05, 3.63) is 75.3 Å². The second kappa shape index (κ2) is 8.91. The van der Waals surface area contributed by atoms with E-state index in [0.717, 1.165) is 12.0 Å². The largest absolute Gasteiger partial charge is 0.352 e. The van der Waals surface area contributed by atoms with Crippen LogP contribution in [0.15, 0.2) is 48.5 Å². The quantitative estimate of drug-likeness (QED) is 0.677. The minimum atomic E-state index is -0.139. The molecule has 0 aliphatic rings. The summed E-state index contributed by atoms with van der Waals surface area (Å²) >= 11 is 11.9. The molecule has 0 saturated carbocycles. The highest BCUT2D eigenvalue weighted by molar-refractivity contribution is 6.35. The van der Waals surface area contributed by atoms with Crippen LogP contribution in [0.4, 0.5) is 0 Å². The number of carbonyl (C=O) groups is 1. The molecule has 0 aromatic heterocycles. The molecule has 2 nitrogen and oxygen atoms in total. The molecule has 2 aromatic rings. The molecule has 0 unspecified atom stereocenters. The lowest BCUT2D eigenvalue weighted by Gasteiger charge is -2.07. The standard InChI is InChI=1S/C20H21Cl2NO/c1-14(2)16-5-3-15(4-6-16)11-12-23-20(24)10-8-17-7-9-18(21)13-19(17)22/h3-10,13-14H,11-12H2,1-2H3,(H,23,24)/b10-8+. The van der Waals surface area contributed by atoms with E-state index in [1.54, 1.807) is 24.3 Å². The molecule has 24 heavy (non-hydrogen) atoms. The fourth-order valence-corrected chi connectivity index (χ4v) is 2.73. The van der Waals surface area contributed by atoms with Gasteiger partial charge in [0.15, 0.2) is 0 Å². The summed E-state index contributed by atoms with van der Waals surface area (Å²) in [5, 5.41) is 3.97. The lowest BCUT2D eigenvalue weighted by molar-refractivity contribution is -0.116. The molecule has 4 heteroatoms. The zero-order valence-corrected chi connectivity index (χ0v) is 15.4. The van der Waals surface area contributed by atoms with E-state index in [2.05, 4.69) is 43.4 Å². The van der Waals surface area contributed by atoms with Crippen LogP contribution in [0, 0.1) is 0 Å². The van der Waals surface area contributed by atoms with Gasteiger partial charge >= 0.3 is 0 Å². The second-order valence-electron chi connectivity index (χ2n) is 5.94. The maximum atomic E-state index is 11.9. The minimum Gasteiger partial charge on any atom is -0.352 e. The van der Waals surface area contributed by atoms with Crippen LogP contribution < -0.4 is 5.32 Å². The number of halogens is 2. The van der Waals surface area contributed by atoms with Crippen molar-refractivity contribution in [2.45, 2.75) is 26.2 Å². The molecule has 1 N–H and O–H groups in total. The van der Waals surface area contributed by atoms with E-state index in [1.165, 1.54) is 17.2 Å². The molecule has 0 heterocycles. The summed E-state index contributed by atoms with van der Waals surface area (Å²) in [6.45, 7) is 4.95. The molecule has 1 amide bonds. The highest BCUT2D eigenvalue weighted by Crippen LogP contribution is 2.21. The normalized spacial score (nSPS) is 11.2. The maximum Gasteiger partial charge on any atom is 0.244 e. The number of hydrogen-bond donors (Lipinski definition) is 1. The van der Waals surface area contributed by atoms with Gasteiger partial charge in [0, 0.05) is 22.7 Å². The van der Waals surface area contributed by atoms with E-state index >= 15 is 0 Å². The Hall–Kier alpha value is -1.77. The van der Waals surface area contributed by atoms with Gasteiger partial charge in [-0.25, -0.2) is 0 Å². The Morgan fingerprint density at radius 3 is 2.46 bits per heavy atom. The van der Waals surface area contributed by atoms with Crippen LogP contribution in [0.1, 0.15) is 36.5 Å².